The van der Waals surface area contributed by atoms with Crippen molar-refractivity contribution in [1.82, 2.24) is 15.6 Å². The normalized spacial score (nSPS) is 13.1. The molecule has 0 radical (unpaired) electrons. The lowest BCUT2D eigenvalue weighted by Crippen LogP contribution is -2.28. The molecule has 3 aromatic rings. The molecule has 7 nitrogen and oxygen atoms in total. The summed E-state index contributed by atoms with van der Waals surface area (Å²) in [5.41, 5.74) is 6.15. The van der Waals surface area contributed by atoms with Crippen molar-refractivity contribution in [3.8, 4) is 0 Å². The Morgan fingerprint density at radius 2 is 1.90 bits per heavy atom. The molecular weight excluding hydrogens is 408 g/mol. The summed E-state index contributed by atoms with van der Waals surface area (Å²) in [6.07, 6.45) is 0. The van der Waals surface area contributed by atoms with Crippen LogP contribution in [0.3, 0.4) is 0 Å². The van der Waals surface area contributed by atoms with Crippen LogP contribution in [-0.4, -0.2) is 19.4 Å². The third-order valence-electron chi connectivity index (χ3n) is 4.64. The van der Waals surface area contributed by atoms with Crippen molar-refractivity contribution in [3.63, 3.8) is 0 Å². The van der Waals surface area contributed by atoms with Gasteiger partial charge < -0.3 is 16.0 Å². The van der Waals surface area contributed by atoms with Crippen molar-refractivity contribution in [2.24, 2.45) is 0 Å². The van der Waals surface area contributed by atoms with Crippen LogP contribution in [0.4, 0.5) is 10.5 Å². The number of anilines is 1. The van der Waals surface area contributed by atoms with Crippen molar-refractivity contribution in [3.05, 3.63) is 75.7 Å². The number of sulfone groups is 1. The SMILES string of the molecule is O=C(NCc1cscn1)Nc1ccc(S(=O)(=O)Cc2ccc3c(c2)CNC3)cc1. The molecule has 3 N–H and O–H groups in total. The molecule has 0 unspecified atom stereocenters. The van der Waals surface area contributed by atoms with Crippen LogP contribution < -0.4 is 16.0 Å². The number of rotatable bonds is 6. The minimum Gasteiger partial charge on any atom is -0.332 e. The molecule has 0 fully saturated rings. The highest BCUT2D eigenvalue weighted by Crippen LogP contribution is 2.22. The minimum absolute atomic E-state index is 0.0544. The molecule has 2 heterocycles. The molecule has 0 saturated heterocycles. The second-order valence-electron chi connectivity index (χ2n) is 6.78. The Labute approximate surface area is 173 Å². The van der Waals surface area contributed by atoms with Crippen LogP contribution >= 0.6 is 11.3 Å². The Bertz CT molecular complexity index is 1110. The predicted molar refractivity (Wildman–Crippen MR) is 112 cm³/mol. The van der Waals surface area contributed by atoms with Crippen molar-refractivity contribution in [1.29, 1.82) is 0 Å². The monoisotopic (exact) mass is 428 g/mol. The maximum Gasteiger partial charge on any atom is 0.319 e. The van der Waals surface area contributed by atoms with Gasteiger partial charge in [-0.25, -0.2) is 18.2 Å². The summed E-state index contributed by atoms with van der Waals surface area (Å²) in [5.74, 6) is -0.0544. The molecule has 29 heavy (non-hydrogen) atoms. The van der Waals surface area contributed by atoms with Crippen molar-refractivity contribution >= 4 is 32.9 Å². The van der Waals surface area contributed by atoms with Gasteiger partial charge in [0.2, 0.25) is 0 Å². The summed E-state index contributed by atoms with van der Waals surface area (Å²) >= 11 is 1.46. The number of benzene rings is 2. The average molecular weight is 429 g/mol. The Kier molecular flexibility index (Phi) is 5.61. The van der Waals surface area contributed by atoms with Crippen LogP contribution in [0.2, 0.25) is 0 Å². The van der Waals surface area contributed by atoms with Gasteiger partial charge in [0.05, 0.1) is 28.4 Å². The number of carbonyl (C=O) groups excluding carboxylic acids is 1. The lowest BCUT2D eigenvalue weighted by Gasteiger charge is -2.09. The first-order valence-electron chi connectivity index (χ1n) is 9.06. The molecule has 150 valence electrons. The van der Waals surface area contributed by atoms with E-state index in [1.807, 2.05) is 23.6 Å². The number of thiazole rings is 1. The van der Waals surface area contributed by atoms with Gasteiger partial charge in [-0.1, -0.05) is 18.2 Å². The molecule has 2 aromatic carbocycles. The van der Waals surface area contributed by atoms with E-state index in [0.29, 0.717) is 12.2 Å². The lowest BCUT2D eigenvalue weighted by atomic mass is 10.1. The Balaban J connectivity index is 1.38. The fourth-order valence-corrected chi connectivity index (χ4v) is 5.05. The van der Waals surface area contributed by atoms with Crippen LogP contribution in [0.25, 0.3) is 0 Å². The fraction of sp³-hybridized carbons (Fsp3) is 0.200. The van der Waals surface area contributed by atoms with E-state index in [1.54, 1.807) is 17.6 Å². The highest BCUT2D eigenvalue weighted by Gasteiger charge is 2.18. The molecule has 0 saturated carbocycles. The van der Waals surface area contributed by atoms with Crippen LogP contribution in [0, 0.1) is 0 Å². The Morgan fingerprint density at radius 3 is 2.66 bits per heavy atom. The summed E-state index contributed by atoms with van der Waals surface area (Å²) < 4.78 is 25.5. The number of carbonyl (C=O) groups is 1. The molecule has 0 spiro atoms. The van der Waals surface area contributed by atoms with E-state index < -0.39 is 9.84 Å². The summed E-state index contributed by atoms with van der Waals surface area (Å²) in [7, 11) is -3.47. The zero-order chi connectivity index (χ0) is 20.3. The van der Waals surface area contributed by atoms with Gasteiger partial charge >= 0.3 is 6.03 Å². The summed E-state index contributed by atoms with van der Waals surface area (Å²) in [6.45, 7) is 1.93. The van der Waals surface area contributed by atoms with E-state index in [4.69, 9.17) is 0 Å². The quantitative estimate of drug-likeness (QED) is 0.560. The zero-order valence-corrected chi connectivity index (χ0v) is 17.1. The Morgan fingerprint density at radius 1 is 1.10 bits per heavy atom. The molecule has 0 aliphatic carbocycles. The Hall–Kier alpha value is -2.75. The number of fused-ring (bicyclic) bond motifs is 1. The predicted octanol–water partition coefficient (Wildman–Crippen LogP) is 3.04. The number of nitrogens with zero attached hydrogens (tertiary/aromatic N) is 1. The van der Waals surface area contributed by atoms with E-state index in [1.165, 1.54) is 29.0 Å². The number of amides is 2. The van der Waals surface area contributed by atoms with Crippen LogP contribution in [-0.2, 0) is 35.2 Å². The van der Waals surface area contributed by atoms with Crippen molar-refractivity contribution in [2.45, 2.75) is 30.3 Å². The van der Waals surface area contributed by atoms with E-state index in [9.17, 15) is 13.2 Å². The maximum atomic E-state index is 12.7. The molecule has 2 amide bonds. The van der Waals surface area contributed by atoms with Gasteiger partial charge in [-0.3, -0.25) is 0 Å². The topological polar surface area (TPSA) is 100 Å². The first-order valence-corrected chi connectivity index (χ1v) is 11.7. The van der Waals surface area contributed by atoms with Gasteiger partial charge in [0, 0.05) is 24.2 Å². The second-order valence-corrected chi connectivity index (χ2v) is 9.49. The van der Waals surface area contributed by atoms with Crippen LogP contribution in [0.15, 0.2) is 58.3 Å². The van der Waals surface area contributed by atoms with Gasteiger partial charge in [0.25, 0.3) is 0 Å². The average Bonchev–Trinajstić information content (AvgIpc) is 3.38. The van der Waals surface area contributed by atoms with E-state index >= 15 is 0 Å². The van der Waals surface area contributed by atoms with Crippen LogP contribution in [0.1, 0.15) is 22.4 Å². The van der Waals surface area contributed by atoms with Gasteiger partial charge in [0.15, 0.2) is 9.84 Å². The molecule has 0 atom stereocenters. The number of hydrogen-bond donors (Lipinski definition) is 3. The first-order chi connectivity index (χ1) is 14.0. The van der Waals surface area contributed by atoms with Gasteiger partial charge in [-0.15, -0.1) is 11.3 Å². The highest BCUT2D eigenvalue weighted by atomic mass is 32.2. The van der Waals surface area contributed by atoms with E-state index in [2.05, 4.69) is 20.9 Å². The van der Waals surface area contributed by atoms with Crippen LogP contribution in [0.5, 0.6) is 0 Å². The first kappa shape index (κ1) is 19.6. The fourth-order valence-electron chi connectivity index (χ4n) is 3.16. The number of nitrogens with one attached hydrogen (secondary N) is 3. The van der Waals surface area contributed by atoms with E-state index in [-0.39, 0.29) is 16.7 Å². The summed E-state index contributed by atoms with van der Waals surface area (Å²) in [6, 6.07) is 11.6. The highest BCUT2D eigenvalue weighted by molar-refractivity contribution is 7.90. The van der Waals surface area contributed by atoms with E-state index in [0.717, 1.165) is 29.9 Å². The standard InChI is InChI=1S/C20H20N4O3S2/c25-20(22-10-18-11-28-13-23-18)24-17-3-5-19(6-4-17)29(26,27)12-14-1-2-15-8-21-9-16(15)7-14/h1-7,11,13,21H,8-10,12H2,(H2,22,24,25). The number of urea groups is 1. The number of hydrogen-bond acceptors (Lipinski definition) is 6. The molecule has 4 rings (SSSR count). The maximum absolute atomic E-state index is 12.7. The molecule has 0 bridgehead atoms. The summed E-state index contributed by atoms with van der Waals surface area (Å²) in [4.78, 5) is 16.3. The molecule has 1 aliphatic rings. The third-order valence-corrected chi connectivity index (χ3v) is 6.98. The molecule has 1 aromatic heterocycles. The smallest absolute Gasteiger partial charge is 0.319 e. The van der Waals surface area contributed by atoms with Crippen molar-refractivity contribution < 1.29 is 13.2 Å². The number of aromatic nitrogens is 1. The van der Waals surface area contributed by atoms with Crippen molar-refractivity contribution in [2.75, 3.05) is 5.32 Å². The molecule has 9 heteroatoms. The lowest BCUT2D eigenvalue weighted by molar-refractivity contribution is 0.251. The van der Waals surface area contributed by atoms with Gasteiger partial charge in [0.1, 0.15) is 0 Å². The molecule has 1 aliphatic heterocycles. The van der Waals surface area contributed by atoms with Gasteiger partial charge in [-0.2, -0.15) is 0 Å². The largest absolute Gasteiger partial charge is 0.332 e. The third kappa shape index (κ3) is 4.81. The van der Waals surface area contributed by atoms with Gasteiger partial charge in [-0.05, 0) is 41.0 Å². The summed E-state index contributed by atoms with van der Waals surface area (Å²) in [5, 5.41) is 10.5. The minimum atomic E-state index is -3.47. The molecular formula is C20H20N4O3S2. The second kappa shape index (κ2) is 8.32. The zero-order valence-electron chi connectivity index (χ0n) is 15.5.